The molecule has 0 saturated carbocycles. The summed E-state index contributed by atoms with van der Waals surface area (Å²) in [4.78, 5) is 4.38. The molecule has 7 heteroatoms. The van der Waals surface area contributed by atoms with Gasteiger partial charge in [-0.15, -0.1) is 0 Å². The topological polar surface area (TPSA) is 94.9 Å². The number of hydrogen-bond donors (Lipinski definition) is 2. The lowest BCUT2D eigenvalue weighted by atomic mass is 10.1. The summed E-state index contributed by atoms with van der Waals surface area (Å²) in [6.45, 7) is 0.651. The third kappa shape index (κ3) is 3.66. The van der Waals surface area contributed by atoms with Crippen molar-refractivity contribution in [2.75, 3.05) is 24.7 Å². The molecule has 20 heavy (non-hydrogen) atoms. The van der Waals surface area contributed by atoms with E-state index in [1.54, 1.807) is 6.07 Å². The van der Waals surface area contributed by atoms with Gasteiger partial charge in [-0.3, -0.25) is 0 Å². The summed E-state index contributed by atoms with van der Waals surface area (Å²) in [6.07, 6.45) is 1.11. The van der Waals surface area contributed by atoms with E-state index in [0.29, 0.717) is 17.9 Å². The molecule has 0 aliphatic rings. The summed E-state index contributed by atoms with van der Waals surface area (Å²) in [6, 6.07) is 11.2. The minimum absolute atomic E-state index is 0.259. The Balaban J connectivity index is 2.13. The average molecular weight is 290 g/mol. The second-order valence-electron chi connectivity index (χ2n) is 4.28. The smallest absolute Gasteiger partial charge is 0.208 e. The number of anilines is 1. The zero-order chi connectivity index (χ0) is 14.6. The molecule has 1 aromatic heterocycles. The molecule has 0 aliphatic heterocycles. The first-order valence-electron chi connectivity index (χ1n) is 5.98. The van der Waals surface area contributed by atoms with Gasteiger partial charge < -0.3 is 5.32 Å². The van der Waals surface area contributed by atoms with Crippen molar-refractivity contribution in [3.05, 3.63) is 35.9 Å². The molecule has 0 atom stereocenters. The summed E-state index contributed by atoms with van der Waals surface area (Å²) in [5.74, 6) is 0.551. The van der Waals surface area contributed by atoms with Gasteiger partial charge in [0.2, 0.25) is 10.0 Å². The lowest BCUT2D eigenvalue weighted by Crippen LogP contribution is -2.27. The summed E-state index contributed by atoms with van der Waals surface area (Å²) in [7, 11) is -3.19. The van der Waals surface area contributed by atoms with Crippen molar-refractivity contribution in [1.82, 2.24) is 9.71 Å². The van der Waals surface area contributed by atoms with Crippen molar-refractivity contribution in [3.8, 4) is 6.07 Å². The van der Waals surface area contributed by atoms with E-state index in [-0.39, 0.29) is 6.54 Å². The van der Waals surface area contributed by atoms with Crippen molar-refractivity contribution in [2.45, 2.75) is 0 Å². The summed E-state index contributed by atoms with van der Waals surface area (Å²) in [5, 5.41) is 12.9. The maximum absolute atomic E-state index is 10.9. The van der Waals surface area contributed by atoms with Crippen LogP contribution in [-0.4, -0.2) is 32.7 Å². The van der Waals surface area contributed by atoms with Crippen molar-refractivity contribution >= 4 is 26.7 Å². The molecule has 0 bridgehead atoms. The van der Waals surface area contributed by atoms with Crippen LogP contribution in [0.25, 0.3) is 10.9 Å². The van der Waals surface area contributed by atoms with Gasteiger partial charge in [-0.1, -0.05) is 18.2 Å². The molecule has 1 heterocycles. The van der Waals surface area contributed by atoms with E-state index in [1.807, 2.05) is 24.3 Å². The summed E-state index contributed by atoms with van der Waals surface area (Å²) < 4.78 is 24.2. The van der Waals surface area contributed by atoms with Crippen molar-refractivity contribution in [3.63, 3.8) is 0 Å². The molecule has 104 valence electrons. The molecular weight excluding hydrogens is 276 g/mol. The minimum Gasteiger partial charge on any atom is -0.369 e. The summed E-state index contributed by atoms with van der Waals surface area (Å²) in [5.41, 5.74) is 1.26. The maximum Gasteiger partial charge on any atom is 0.208 e. The van der Waals surface area contributed by atoms with Gasteiger partial charge in [0.05, 0.1) is 23.4 Å². The second-order valence-corrected chi connectivity index (χ2v) is 6.11. The quantitative estimate of drug-likeness (QED) is 0.803. The van der Waals surface area contributed by atoms with E-state index in [4.69, 9.17) is 5.26 Å². The normalized spacial score (nSPS) is 11.2. The molecule has 6 nitrogen and oxygen atoms in total. The highest BCUT2D eigenvalue weighted by molar-refractivity contribution is 7.88. The Hall–Kier alpha value is -2.17. The minimum atomic E-state index is -3.19. The number of para-hydroxylation sites is 1. The predicted molar refractivity (Wildman–Crippen MR) is 77.8 cm³/mol. The van der Waals surface area contributed by atoms with Crippen LogP contribution in [0, 0.1) is 11.3 Å². The molecule has 0 aliphatic carbocycles. The average Bonchev–Trinajstić information content (AvgIpc) is 2.41. The van der Waals surface area contributed by atoms with Gasteiger partial charge in [0, 0.05) is 18.5 Å². The van der Waals surface area contributed by atoms with Gasteiger partial charge in [-0.2, -0.15) is 5.26 Å². The standard InChI is InChI=1S/C13H14N4O2S/c1-20(18,19)16-7-6-15-13-8-10(9-14)11-4-2-3-5-12(11)17-13/h2-5,8,16H,6-7H2,1H3,(H,15,17). The van der Waals surface area contributed by atoms with Gasteiger partial charge in [-0.25, -0.2) is 18.1 Å². The van der Waals surface area contributed by atoms with E-state index in [0.717, 1.165) is 17.2 Å². The van der Waals surface area contributed by atoms with Gasteiger partial charge in [0.25, 0.3) is 0 Å². The molecule has 2 N–H and O–H groups in total. The van der Waals surface area contributed by atoms with E-state index in [9.17, 15) is 8.42 Å². The van der Waals surface area contributed by atoms with Crippen molar-refractivity contribution in [1.29, 1.82) is 5.26 Å². The zero-order valence-electron chi connectivity index (χ0n) is 10.9. The largest absolute Gasteiger partial charge is 0.369 e. The molecule has 0 spiro atoms. The van der Waals surface area contributed by atoms with Crippen LogP contribution >= 0.6 is 0 Å². The van der Waals surface area contributed by atoms with Crippen LogP contribution in [0.5, 0.6) is 0 Å². The van der Waals surface area contributed by atoms with E-state index < -0.39 is 10.0 Å². The van der Waals surface area contributed by atoms with Crippen LogP contribution in [0.1, 0.15) is 5.56 Å². The molecule has 0 saturated heterocycles. The van der Waals surface area contributed by atoms with E-state index >= 15 is 0 Å². The number of pyridine rings is 1. The highest BCUT2D eigenvalue weighted by Gasteiger charge is 2.05. The Labute approximate surface area is 117 Å². The number of benzene rings is 1. The first-order valence-corrected chi connectivity index (χ1v) is 7.87. The first kappa shape index (κ1) is 14.2. The number of nitrogens with one attached hydrogen (secondary N) is 2. The number of fused-ring (bicyclic) bond motifs is 1. The monoisotopic (exact) mass is 290 g/mol. The first-order chi connectivity index (χ1) is 9.49. The van der Waals surface area contributed by atoms with Gasteiger partial charge in [0.1, 0.15) is 5.82 Å². The molecule has 0 unspecified atom stereocenters. The van der Waals surface area contributed by atoms with Crippen LogP contribution in [0.2, 0.25) is 0 Å². The van der Waals surface area contributed by atoms with Crippen LogP contribution in [0.4, 0.5) is 5.82 Å². The number of nitriles is 1. The molecule has 1 aromatic carbocycles. The Kier molecular flexibility index (Phi) is 4.17. The van der Waals surface area contributed by atoms with Gasteiger partial charge in [-0.05, 0) is 12.1 Å². The Morgan fingerprint density at radius 3 is 2.75 bits per heavy atom. The van der Waals surface area contributed by atoms with Gasteiger partial charge >= 0.3 is 0 Å². The van der Waals surface area contributed by atoms with Crippen molar-refractivity contribution < 1.29 is 8.42 Å². The molecule has 2 rings (SSSR count). The van der Waals surface area contributed by atoms with E-state index in [2.05, 4.69) is 21.1 Å². The van der Waals surface area contributed by atoms with Crippen LogP contribution < -0.4 is 10.0 Å². The maximum atomic E-state index is 10.9. The second kappa shape index (κ2) is 5.86. The SMILES string of the molecule is CS(=O)(=O)NCCNc1cc(C#N)c2ccccc2n1. The molecule has 0 fully saturated rings. The fourth-order valence-electron chi connectivity index (χ4n) is 1.79. The fourth-order valence-corrected chi connectivity index (χ4v) is 2.26. The molecule has 2 aromatic rings. The third-order valence-corrected chi connectivity index (χ3v) is 3.36. The number of nitrogens with zero attached hydrogens (tertiary/aromatic N) is 2. The highest BCUT2D eigenvalue weighted by Crippen LogP contribution is 2.19. The summed E-state index contributed by atoms with van der Waals surface area (Å²) >= 11 is 0. The fraction of sp³-hybridized carbons (Fsp3) is 0.231. The van der Waals surface area contributed by atoms with Crippen LogP contribution in [-0.2, 0) is 10.0 Å². The Bertz CT molecular complexity index is 766. The van der Waals surface area contributed by atoms with Gasteiger partial charge in [0.15, 0.2) is 0 Å². The number of hydrogen-bond acceptors (Lipinski definition) is 5. The third-order valence-electron chi connectivity index (χ3n) is 2.63. The molecule has 0 amide bonds. The predicted octanol–water partition coefficient (Wildman–Crippen LogP) is 1.07. The lowest BCUT2D eigenvalue weighted by Gasteiger charge is -2.08. The number of sulfonamides is 1. The number of rotatable bonds is 5. The number of aromatic nitrogens is 1. The Morgan fingerprint density at radius 2 is 2.05 bits per heavy atom. The van der Waals surface area contributed by atoms with Crippen molar-refractivity contribution in [2.24, 2.45) is 0 Å². The Morgan fingerprint density at radius 1 is 1.30 bits per heavy atom. The van der Waals surface area contributed by atoms with Crippen LogP contribution in [0.15, 0.2) is 30.3 Å². The zero-order valence-corrected chi connectivity index (χ0v) is 11.7. The molecule has 0 radical (unpaired) electrons. The molecular formula is C13H14N4O2S. The van der Waals surface area contributed by atoms with Crippen LogP contribution in [0.3, 0.4) is 0 Å². The highest BCUT2D eigenvalue weighted by atomic mass is 32.2. The lowest BCUT2D eigenvalue weighted by molar-refractivity contribution is 0.589. The van der Waals surface area contributed by atoms with E-state index in [1.165, 1.54) is 0 Å².